The molecule has 5 heteroatoms. The average molecular weight is 294 g/mol. The number of rotatable bonds is 5. The summed E-state index contributed by atoms with van der Waals surface area (Å²) in [5, 5.41) is 8.47. The Bertz CT molecular complexity index is 573. The number of nitrogens with one attached hydrogen (secondary N) is 1. The van der Waals surface area contributed by atoms with Gasteiger partial charge in [0.2, 0.25) is 0 Å². The third-order valence-electron chi connectivity index (χ3n) is 3.47. The fourth-order valence-corrected chi connectivity index (χ4v) is 2.71. The molecule has 1 heterocycles. The van der Waals surface area contributed by atoms with Crippen molar-refractivity contribution in [3.8, 4) is 5.75 Å². The Morgan fingerprint density at radius 3 is 2.75 bits per heavy atom. The van der Waals surface area contributed by atoms with Gasteiger partial charge in [-0.15, -0.1) is 0 Å². The molecule has 2 aromatic rings. The lowest BCUT2D eigenvalue weighted by Gasteiger charge is -2.21. The molecular weight excluding hydrogens is 274 g/mol. The lowest BCUT2D eigenvalue weighted by Crippen LogP contribution is -2.22. The van der Waals surface area contributed by atoms with E-state index in [2.05, 4.69) is 24.3 Å². The molecule has 0 bridgehead atoms. The van der Waals surface area contributed by atoms with Gasteiger partial charge in [-0.2, -0.15) is 5.10 Å². The topological polar surface area (TPSA) is 39.1 Å². The van der Waals surface area contributed by atoms with E-state index in [1.54, 1.807) is 13.3 Å². The maximum absolute atomic E-state index is 6.04. The number of nitrogens with zero attached hydrogens (tertiary/aromatic N) is 2. The maximum Gasteiger partial charge on any atom is 0.161 e. The van der Waals surface area contributed by atoms with E-state index < -0.39 is 0 Å². The van der Waals surface area contributed by atoms with Gasteiger partial charge in [0, 0.05) is 11.6 Å². The number of hydrogen-bond donors (Lipinski definition) is 1. The van der Waals surface area contributed by atoms with Gasteiger partial charge in [-0.3, -0.25) is 4.68 Å². The second-order valence-electron chi connectivity index (χ2n) is 4.64. The summed E-state index contributed by atoms with van der Waals surface area (Å²) < 4.78 is 7.40. The Balaban J connectivity index is 2.54. The van der Waals surface area contributed by atoms with Crippen molar-refractivity contribution in [1.82, 2.24) is 15.1 Å². The van der Waals surface area contributed by atoms with E-state index in [1.165, 1.54) is 5.56 Å². The molecule has 2 rings (SSSR count). The fraction of sp³-hybridized carbons (Fsp3) is 0.400. The maximum atomic E-state index is 6.04. The van der Waals surface area contributed by atoms with E-state index in [4.69, 9.17) is 16.3 Å². The number of aromatic nitrogens is 2. The van der Waals surface area contributed by atoms with Gasteiger partial charge in [-0.05, 0) is 44.2 Å². The largest absolute Gasteiger partial charge is 0.493 e. The summed E-state index contributed by atoms with van der Waals surface area (Å²) in [7, 11) is 3.60. The molecule has 0 saturated carbocycles. The monoisotopic (exact) mass is 293 g/mol. The van der Waals surface area contributed by atoms with E-state index in [-0.39, 0.29) is 6.04 Å². The van der Waals surface area contributed by atoms with Crippen molar-refractivity contribution in [1.29, 1.82) is 0 Å². The fourth-order valence-electron chi connectivity index (χ4n) is 2.48. The Kier molecular flexibility index (Phi) is 4.68. The minimum Gasteiger partial charge on any atom is -0.493 e. The predicted octanol–water partition coefficient (Wildman–Crippen LogP) is 3.18. The summed E-state index contributed by atoms with van der Waals surface area (Å²) >= 11 is 6.04. The Morgan fingerprint density at radius 2 is 2.20 bits per heavy atom. The van der Waals surface area contributed by atoms with E-state index >= 15 is 0 Å². The minimum absolute atomic E-state index is 0.0182. The molecule has 1 unspecified atom stereocenters. The van der Waals surface area contributed by atoms with Crippen LogP contribution in [-0.4, -0.2) is 23.9 Å². The van der Waals surface area contributed by atoms with Crippen molar-refractivity contribution in [2.24, 2.45) is 0 Å². The molecule has 0 aliphatic carbocycles. The van der Waals surface area contributed by atoms with Crippen molar-refractivity contribution >= 4 is 11.6 Å². The smallest absolute Gasteiger partial charge is 0.161 e. The van der Waals surface area contributed by atoms with Crippen molar-refractivity contribution < 1.29 is 4.74 Å². The van der Waals surface area contributed by atoms with Gasteiger partial charge >= 0.3 is 0 Å². The second kappa shape index (κ2) is 6.29. The van der Waals surface area contributed by atoms with Gasteiger partial charge in [0.05, 0.1) is 19.3 Å². The highest BCUT2D eigenvalue weighted by atomic mass is 35.5. The first-order valence-electron chi connectivity index (χ1n) is 6.65. The molecule has 0 aliphatic rings. The van der Waals surface area contributed by atoms with Crippen molar-refractivity contribution in [3.05, 3.63) is 46.2 Å². The standard InChI is InChI=1S/C15H20ClN3O/c1-5-19-15(13(20-4)9-18-19)14(17-3)12-7-6-11(16)8-10(12)2/h6-9,14,17H,5H2,1-4H3. The van der Waals surface area contributed by atoms with Crippen molar-refractivity contribution in [2.45, 2.75) is 26.4 Å². The molecule has 20 heavy (non-hydrogen) atoms. The van der Waals surface area contributed by atoms with Crippen molar-refractivity contribution in [2.75, 3.05) is 14.2 Å². The first-order chi connectivity index (χ1) is 9.62. The third-order valence-corrected chi connectivity index (χ3v) is 3.70. The lowest BCUT2D eigenvalue weighted by atomic mass is 9.98. The van der Waals surface area contributed by atoms with Crippen LogP contribution in [0.2, 0.25) is 5.02 Å². The van der Waals surface area contributed by atoms with Gasteiger partial charge in [0.1, 0.15) is 5.69 Å². The van der Waals surface area contributed by atoms with Crippen LogP contribution in [0.4, 0.5) is 0 Å². The predicted molar refractivity (Wildman–Crippen MR) is 81.5 cm³/mol. The first kappa shape index (κ1) is 14.9. The number of methoxy groups -OCH3 is 1. The first-order valence-corrected chi connectivity index (χ1v) is 7.03. The number of halogens is 1. The van der Waals surface area contributed by atoms with Crippen LogP contribution in [0, 0.1) is 6.92 Å². The van der Waals surface area contributed by atoms with Gasteiger partial charge in [-0.25, -0.2) is 0 Å². The Hall–Kier alpha value is -1.52. The molecule has 1 aromatic carbocycles. The second-order valence-corrected chi connectivity index (χ2v) is 5.07. The number of ether oxygens (including phenoxy) is 1. The average Bonchev–Trinajstić information content (AvgIpc) is 2.85. The molecule has 0 radical (unpaired) electrons. The van der Waals surface area contributed by atoms with Crippen LogP contribution >= 0.6 is 11.6 Å². The Morgan fingerprint density at radius 1 is 1.45 bits per heavy atom. The normalized spacial score (nSPS) is 12.4. The molecule has 4 nitrogen and oxygen atoms in total. The molecule has 0 spiro atoms. The van der Waals surface area contributed by atoms with Crippen LogP contribution in [0.25, 0.3) is 0 Å². The van der Waals surface area contributed by atoms with Crippen LogP contribution in [0.3, 0.4) is 0 Å². The summed E-state index contributed by atoms with van der Waals surface area (Å²) in [6.07, 6.45) is 1.76. The quantitative estimate of drug-likeness (QED) is 0.920. The SMILES string of the molecule is CCn1ncc(OC)c1C(NC)c1ccc(Cl)cc1C. The Labute approximate surface area is 124 Å². The number of hydrogen-bond acceptors (Lipinski definition) is 3. The molecule has 108 valence electrons. The molecular formula is C15H20ClN3O. The minimum atomic E-state index is 0.0182. The molecule has 0 saturated heterocycles. The number of benzene rings is 1. The van der Waals surface area contributed by atoms with Crippen LogP contribution in [-0.2, 0) is 6.54 Å². The molecule has 0 fully saturated rings. The molecule has 0 amide bonds. The van der Waals surface area contributed by atoms with Gasteiger partial charge in [0.15, 0.2) is 5.75 Å². The summed E-state index contributed by atoms with van der Waals surface area (Å²) in [6.45, 7) is 4.92. The van der Waals surface area contributed by atoms with Gasteiger partial charge in [0.25, 0.3) is 0 Å². The molecule has 1 N–H and O–H groups in total. The van der Waals surface area contributed by atoms with Crippen LogP contribution in [0.1, 0.15) is 29.8 Å². The summed E-state index contributed by atoms with van der Waals surface area (Å²) in [5.41, 5.74) is 3.34. The van der Waals surface area contributed by atoms with E-state index in [9.17, 15) is 0 Å². The summed E-state index contributed by atoms with van der Waals surface area (Å²) in [6, 6.07) is 5.95. The van der Waals surface area contributed by atoms with E-state index in [0.29, 0.717) is 0 Å². The molecule has 1 atom stereocenters. The van der Waals surface area contributed by atoms with Gasteiger partial charge in [-0.1, -0.05) is 17.7 Å². The zero-order valence-corrected chi connectivity index (χ0v) is 13.0. The third kappa shape index (κ3) is 2.67. The lowest BCUT2D eigenvalue weighted by molar-refractivity contribution is 0.401. The summed E-state index contributed by atoms with van der Waals surface area (Å²) in [5.74, 6) is 0.792. The molecule has 0 aliphatic heterocycles. The zero-order valence-electron chi connectivity index (χ0n) is 12.3. The van der Waals surface area contributed by atoms with Gasteiger partial charge < -0.3 is 10.1 Å². The van der Waals surface area contributed by atoms with E-state index in [0.717, 1.165) is 28.6 Å². The van der Waals surface area contributed by atoms with Crippen molar-refractivity contribution in [3.63, 3.8) is 0 Å². The molecule has 1 aromatic heterocycles. The van der Waals surface area contributed by atoms with Crippen LogP contribution < -0.4 is 10.1 Å². The van der Waals surface area contributed by atoms with E-state index in [1.807, 2.05) is 29.9 Å². The van der Waals surface area contributed by atoms with Crippen LogP contribution in [0.15, 0.2) is 24.4 Å². The highest BCUT2D eigenvalue weighted by Crippen LogP contribution is 2.32. The number of aryl methyl sites for hydroxylation is 2. The highest BCUT2D eigenvalue weighted by Gasteiger charge is 2.23. The van der Waals surface area contributed by atoms with Crippen LogP contribution in [0.5, 0.6) is 5.75 Å². The summed E-state index contributed by atoms with van der Waals surface area (Å²) in [4.78, 5) is 0. The highest BCUT2D eigenvalue weighted by molar-refractivity contribution is 6.30. The zero-order chi connectivity index (χ0) is 14.7.